The molecule has 0 radical (unpaired) electrons. The molecule has 3 rings (SSSR count). The van der Waals surface area contributed by atoms with E-state index in [0.717, 1.165) is 0 Å². The molecule has 5 nitrogen and oxygen atoms in total. The summed E-state index contributed by atoms with van der Waals surface area (Å²) in [5, 5.41) is 1.72. The molecule has 102 valence electrons. The third kappa shape index (κ3) is 1.86. The fourth-order valence-electron chi connectivity index (χ4n) is 2.03. The molecule has 1 amide bonds. The van der Waals surface area contributed by atoms with Gasteiger partial charge >= 0.3 is 0 Å². The molecule has 0 atom stereocenters. The Morgan fingerprint density at radius 3 is 2.55 bits per heavy atom. The zero-order valence-electron chi connectivity index (χ0n) is 10.1. The van der Waals surface area contributed by atoms with Gasteiger partial charge in [0.2, 0.25) is 0 Å². The summed E-state index contributed by atoms with van der Waals surface area (Å²) >= 11 is 1.22. The van der Waals surface area contributed by atoms with E-state index < -0.39 is 22.5 Å². The van der Waals surface area contributed by atoms with E-state index in [1.807, 2.05) is 0 Å². The van der Waals surface area contributed by atoms with Crippen molar-refractivity contribution in [3.63, 3.8) is 0 Å². The van der Waals surface area contributed by atoms with Crippen molar-refractivity contribution in [1.82, 2.24) is 4.31 Å². The summed E-state index contributed by atoms with van der Waals surface area (Å²) in [5.41, 5.74) is 0.117. The molecule has 0 bridgehead atoms. The van der Waals surface area contributed by atoms with E-state index in [1.165, 1.54) is 23.5 Å². The number of benzene rings is 1. The Labute approximate surface area is 119 Å². The summed E-state index contributed by atoms with van der Waals surface area (Å²) in [6, 6.07) is 9.27. The zero-order chi connectivity index (χ0) is 14.3. The Balaban J connectivity index is 1.97. The first-order valence-electron chi connectivity index (χ1n) is 5.74. The first-order valence-corrected chi connectivity index (χ1v) is 8.06. The normalized spacial score (nSPS) is 16.2. The first kappa shape index (κ1) is 13.0. The number of carbonyl (C=O) groups is 2. The highest BCUT2D eigenvalue weighted by Gasteiger charge is 2.41. The molecule has 0 saturated heterocycles. The van der Waals surface area contributed by atoms with Crippen molar-refractivity contribution in [2.45, 2.75) is 4.90 Å². The molecule has 1 aromatic carbocycles. The topological polar surface area (TPSA) is 71.5 Å². The smallest absolute Gasteiger partial charge is 0.269 e. The van der Waals surface area contributed by atoms with Gasteiger partial charge in [-0.05, 0) is 23.6 Å². The summed E-state index contributed by atoms with van der Waals surface area (Å²) in [7, 11) is -3.91. The maximum absolute atomic E-state index is 12.3. The number of carbonyl (C=O) groups excluding carboxylic acids is 2. The van der Waals surface area contributed by atoms with Crippen molar-refractivity contribution in [2.24, 2.45) is 0 Å². The Bertz CT molecular complexity index is 794. The van der Waals surface area contributed by atoms with Crippen molar-refractivity contribution in [1.29, 1.82) is 0 Å². The van der Waals surface area contributed by atoms with Gasteiger partial charge in [0.05, 0.1) is 10.4 Å². The van der Waals surface area contributed by atoms with Crippen LogP contribution >= 0.6 is 11.3 Å². The van der Waals surface area contributed by atoms with Gasteiger partial charge in [-0.2, -0.15) is 0 Å². The van der Waals surface area contributed by atoms with Crippen molar-refractivity contribution < 1.29 is 18.0 Å². The molecule has 0 N–H and O–H groups in total. The molecule has 20 heavy (non-hydrogen) atoms. The highest BCUT2D eigenvalue weighted by Crippen LogP contribution is 2.30. The average molecular weight is 307 g/mol. The van der Waals surface area contributed by atoms with Crippen molar-refractivity contribution in [2.75, 3.05) is 6.54 Å². The van der Waals surface area contributed by atoms with Gasteiger partial charge in [-0.1, -0.05) is 18.2 Å². The summed E-state index contributed by atoms with van der Waals surface area (Å²) < 4.78 is 25.2. The molecule has 2 heterocycles. The summed E-state index contributed by atoms with van der Waals surface area (Å²) in [6.45, 7) is -0.462. The van der Waals surface area contributed by atoms with Crippen LogP contribution in [0.2, 0.25) is 0 Å². The molecule has 2 aromatic rings. The van der Waals surface area contributed by atoms with Gasteiger partial charge in [0.1, 0.15) is 11.4 Å². The van der Waals surface area contributed by atoms with Crippen LogP contribution in [0.5, 0.6) is 0 Å². The van der Waals surface area contributed by atoms with E-state index >= 15 is 0 Å². The molecule has 1 aromatic heterocycles. The highest BCUT2D eigenvalue weighted by molar-refractivity contribution is 7.90. The van der Waals surface area contributed by atoms with Crippen molar-refractivity contribution in [3.8, 4) is 0 Å². The number of sulfonamides is 1. The SMILES string of the molecule is O=C(CN1C(=O)c2ccccc2S1(=O)=O)c1cccs1. The lowest BCUT2D eigenvalue weighted by Gasteiger charge is -2.13. The molecule has 0 fully saturated rings. The van der Waals surface area contributed by atoms with E-state index in [1.54, 1.807) is 29.6 Å². The van der Waals surface area contributed by atoms with Crippen LogP contribution in [0.1, 0.15) is 20.0 Å². The number of thiophene rings is 1. The Kier molecular flexibility index (Phi) is 2.95. The molecule has 1 aliphatic heterocycles. The van der Waals surface area contributed by atoms with E-state index in [-0.39, 0.29) is 16.2 Å². The minimum Gasteiger partial charge on any atom is -0.291 e. The molecule has 0 aliphatic carbocycles. The molecular weight excluding hydrogens is 298 g/mol. The van der Waals surface area contributed by atoms with Crippen LogP contribution in [0.4, 0.5) is 0 Å². The van der Waals surface area contributed by atoms with E-state index in [9.17, 15) is 18.0 Å². The lowest BCUT2D eigenvalue weighted by Crippen LogP contribution is -2.34. The number of hydrogen-bond acceptors (Lipinski definition) is 5. The van der Waals surface area contributed by atoms with E-state index in [4.69, 9.17) is 0 Å². The number of Topliss-reactive ketones (excluding diaryl/α,β-unsaturated/α-hetero) is 1. The van der Waals surface area contributed by atoms with Gasteiger partial charge in [0.15, 0.2) is 5.78 Å². The summed E-state index contributed by atoms with van der Waals surface area (Å²) in [5.74, 6) is -1.03. The Hall–Kier alpha value is -1.99. The Morgan fingerprint density at radius 2 is 1.90 bits per heavy atom. The Morgan fingerprint density at radius 1 is 1.15 bits per heavy atom. The quantitative estimate of drug-likeness (QED) is 0.810. The van der Waals surface area contributed by atoms with Crippen molar-refractivity contribution >= 4 is 33.1 Å². The number of hydrogen-bond donors (Lipinski definition) is 0. The largest absolute Gasteiger partial charge is 0.291 e. The third-order valence-corrected chi connectivity index (χ3v) is 5.69. The number of amides is 1. The number of fused-ring (bicyclic) bond motifs is 1. The molecule has 0 saturated carbocycles. The molecule has 0 spiro atoms. The maximum Gasteiger partial charge on any atom is 0.269 e. The average Bonchev–Trinajstić information content (AvgIpc) is 3.02. The predicted molar refractivity (Wildman–Crippen MR) is 73.3 cm³/mol. The number of ketones is 1. The fraction of sp³-hybridized carbons (Fsp3) is 0.0769. The number of nitrogens with zero attached hydrogens (tertiary/aromatic N) is 1. The zero-order valence-corrected chi connectivity index (χ0v) is 11.8. The summed E-state index contributed by atoms with van der Waals surface area (Å²) in [4.78, 5) is 24.5. The van der Waals surface area contributed by atoms with Gasteiger partial charge in [0.25, 0.3) is 15.9 Å². The van der Waals surface area contributed by atoms with E-state index in [0.29, 0.717) is 9.18 Å². The second-order valence-corrected chi connectivity index (χ2v) is 6.99. The van der Waals surface area contributed by atoms with Crippen LogP contribution < -0.4 is 0 Å². The van der Waals surface area contributed by atoms with Crippen LogP contribution in [-0.4, -0.2) is 31.0 Å². The number of rotatable bonds is 3. The van der Waals surface area contributed by atoms with Crippen LogP contribution in [0.25, 0.3) is 0 Å². The van der Waals surface area contributed by atoms with Gasteiger partial charge in [-0.15, -0.1) is 11.3 Å². The minimum atomic E-state index is -3.91. The van der Waals surface area contributed by atoms with Crippen LogP contribution in [-0.2, 0) is 10.0 Å². The van der Waals surface area contributed by atoms with Gasteiger partial charge in [-0.25, -0.2) is 12.7 Å². The molecule has 1 aliphatic rings. The lowest BCUT2D eigenvalue weighted by atomic mass is 10.2. The third-order valence-electron chi connectivity index (χ3n) is 3.00. The molecule has 0 unspecified atom stereocenters. The first-order chi connectivity index (χ1) is 9.51. The molecular formula is C13H9NO4S2. The second kappa shape index (κ2) is 4.53. The van der Waals surface area contributed by atoms with E-state index in [2.05, 4.69) is 0 Å². The monoisotopic (exact) mass is 307 g/mol. The van der Waals surface area contributed by atoms with Crippen molar-refractivity contribution in [3.05, 3.63) is 52.2 Å². The molecule has 7 heteroatoms. The van der Waals surface area contributed by atoms with Crippen LogP contribution in [0.3, 0.4) is 0 Å². The van der Waals surface area contributed by atoms with Gasteiger partial charge < -0.3 is 0 Å². The van der Waals surface area contributed by atoms with Crippen LogP contribution in [0.15, 0.2) is 46.7 Å². The predicted octanol–water partition coefficient (Wildman–Crippen LogP) is 1.78. The highest BCUT2D eigenvalue weighted by atomic mass is 32.2. The lowest BCUT2D eigenvalue weighted by molar-refractivity contribution is 0.0822. The van der Waals surface area contributed by atoms with Gasteiger partial charge in [-0.3, -0.25) is 9.59 Å². The minimum absolute atomic E-state index is 0.0380. The van der Waals surface area contributed by atoms with Gasteiger partial charge in [0, 0.05) is 0 Å². The fourth-order valence-corrected chi connectivity index (χ4v) is 4.21. The van der Waals surface area contributed by atoms with Crippen LogP contribution in [0, 0.1) is 0 Å². The standard InChI is InChI=1S/C13H9NO4S2/c15-10(11-5-3-7-19-11)8-14-13(16)9-4-1-2-6-12(9)20(14,17)18/h1-7H,8H2. The maximum atomic E-state index is 12.3. The summed E-state index contributed by atoms with van der Waals surface area (Å²) in [6.07, 6.45) is 0. The second-order valence-electron chi connectivity index (χ2n) is 4.21.